The van der Waals surface area contributed by atoms with Gasteiger partial charge in [-0.2, -0.15) is 13.2 Å². The van der Waals surface area contributed by atoms with Crippen LogP contribution in [-0.4, -0.2) is 43.6 Å². The molecular weight excluding hydrogens is 416 g/mol. The van der Waals surface area contributed by atoms with Crippen molar-refractivity contribution in [3.8, 4) is 5.75 Å². The maximum Gasteiger partial charge on any atom is 0.573 e. The summed E-state index contributed by atoms with van der Waals surface area (Å²) in [4.78, 5) is 1.53. The van der Waals surface area contributed by atoms with Crippen molar-refractivity contribution >= 4 is 24.8 Å². The quantitative estimate of drug-likeness (QED) is 0.710. The second-order valence-electron chi connectivity index (χ2n) is 5.36. The SMILES string of the molecule is Cl.Cl.Fc1cc([C@@H](CC(F)(F)F)N2CCNCC2)ccc1OC(F)(F)F. The first-order valence-electron chi connectivity index (χ1n) is 7.12. The van der Waals surface area contributed by atoms with Crippen LogP contribution in [0.3, 0.4) is 0 Å². The van der Waals surface area contributed by atoms with Gasteiger partial charge in [-0.25, -0.2) is 4.39 Å². The van der Waals surface area contributed by atoms with E-state index >= 15 is 0 Å². The fourth-order valence-corrected chi connectivity index (χ4v) is 2.60. The lowest BCUT2D eigenvalue weighted by atomic mass is 10.0. The van der Waals surface area contributed by atoms with Crippen molar-refractivity contribution in [2.45, 2.75) is 25.0 Å². The van der Waals surface area contributed by atoms with E-state index in [2.05, 4.69) is 10.1 Å². The van der Waals surface area contributed by atoms with Gasteiger partial charge < -0.3 is 10.1 Å². The lowest BCUT2D eigenvalue weighted by molar-refractivity contribution is -0.275. The minimum absolute atomic E-state index is 0. The van der Waals surface area contributed by atoms with Crippen LogP contribution < -0.4 is 10.1 Å². The predicted octanol–water partition coefficient (Wildman–Crippen LogP) is 4.47. The summed E-state index contributed by atoms with van der Waals surface area (Å²) >= 11 is 0. The Morgan fingerprint density at radius 1 is 1.04 bits per heavy atom. The molecule has 152 valence electrons. The number of piperazine rings is 1. The third kappa shape index (κ3) is 7.73. The molecule has 1 atom stereocenters. The number of benzene rings is 1. The molecule has 0 bridgehead atoms. The molecule has 1 N–H and O–H groups in total. The Balaban J connectivity index is 0.00000312. The van der Waals surface area contributed by atoms with Crippen molar-refractivity contribution < 1.29 is 35.5 Å². The van der Waals surface area contributed by atoms with Crippen molar-refractivity contribution in [2.75, 3.05) is 26.2 Å². The Kier molecular flexibility index (Phi) is 9.45. The number of nitrogens with one attached hydrogen (secondary N) is 1. The van der Waals surface area contributed by atoms with Crippen molar-refractivity contribution in [3.05, 3.63) is 29.6 Å². The van der Waals surface area contributed by atoms with Gasteiger partial charge in [0.05, 0.1) is 6.42 Å². The average Bonchev–Trinajstić information content (AvgIpc) is 2.46. The van der Waals surface area contributed by atoms with E-state index in [0.29, 0.717) is 38.3 Å². The maximum atomic E-state index is 13.8. The van der Waals surface area contributed by atoms with Crippen LogP contribution >= 0.6 is 24.8 Å². The van der Waals surface area contributed by atoms with Crippen molar-refractivity contribution in [1.82, 2.24) is 10.2 Å². The molecule has 1 aliphatic heterocycles. The molecule has 1 heterocycles. The third-order valence-corrected chi connectivity index (χ3v) is 3.58. The molecule has 0 spiro atoms. The summed E-state index contributed by atoms with van der Waals surface area (Å²) in [5.74, 6) is -2.43. The largest absolute Gasteiger partial charge is 0.573 e. The van der Waals surface area contributed by atoms with E-state index in [-0.39, 0.29) is 30.4 Å². The summed E-state index contributed by atoms with van der Waals surface area (Å²) in [6, 6.07) is 1.23. The van der Waals surface area contributed by atoms with Crippen LogP contribution in [0.4, 0.5) is 30.7 Å². The van der Waals surface area contributed by atoms with Gasteiger partial charge in [-0.3, -0.25) is 4.90 Å². The molecule has 2 rings (SSSR count). The van der Waals surface area contributed by atoms with Gasteiger partial charge in [-0.1, -0.05) is 6.07 Å². The number of hydrogen-bond acceptors (Lipinski definition) is 3. The highest BCUT2D eigenvalue weighted by atomic mass is 35.5. The van der Waals surface area contributed by atoms with Gasteiger partial charge in [-0.15, -0.1) is 38.0 Å². The first-order chi connectivity index (χ1) is 11.1. The molecule has 1 aromatic rings. The molecule has 0 aliphatic carbocycles. The number of alkyl halides is 6. The summed E-state index contributed by atoms with van der Waals surface area (Å²) in [6.45, 7) is 1.60. The monoisotopic (exact) mass is 432 g/mol. The Morgan fingerprint density at radius 2 is 1.62 bits per heavy atom. The lowest BCUT2D eigenvalue weighted by Crippen LogP contribution is -2.46. The molecule has 0 amide bonds. The van der Waals surface area contributed by atoms with Gasteiger partial charge >= 0.3 is 12.5 Å². The summed E-state index contributed by atoms with van der Waals surface area (Å²) in [5.41, 5.74) is -0.0405. The van der Waals surface area contributed by atoms with E-state index < -0.39 is 36.6 Å². The fraction of sp³-hybridized carbons (Fsp3) is 0.571. The van der Waals surface area contributed by atoms with E-state index in [9.17, 15) is 30.7 Å². The minimum atomic E-state index is -5.08. The number of hydrogen-bond donors (Lipinski definition) is 1. The number of halogens is 9. The van der Waals surface area contributed by atoms with Gasteiger partial charge in [0.2, 0.25) is 0 Å². The van der Waals surface area contributed by atoms with Crippen LogP contribution in [0.15, 0.2) is 18.2 Å². The molecule has 0 radical (unpaired) electrons. The molecule has 12 heteroatoms. The molecule has 26 heavy (non-hydrogen) atoms. The topological polar surface area (TPSA) is 24.5 Å². The summed E-state index contributed by atoms with van der Waals surface area (Å²) in [5, 5.41) is 2.99. The standard InChI is InChI=1S/C14H15F7N2O.2ClH/c15-10-7-9(1-2-12(10)24-14(19,20)21)11(8-13(16,17)18)23-5-3-22-4-6-23;;/h1-2,7,11,22H,3-6,8H2;2*1H/t11-;;/m1../s1. The van der Waals surface area contributed by atoms with E-state index in [0.717, 1.165) is 6.07 Å². The van der Waals surface area contributed by atoms with E-state index in [1.165, 1.54) is 4.90 Å². The zero-order valence-corrected chi connectivity index (χ0v) is 14.8. The highest BCUT2D eigenvalue weighted by Crippen LogP contribution is 2.36. The second-order valence-corrected chi connectivity index (χ2v) is 5.36. The van der Waals surface area contributed by atoms with Crippen LogP contribution in [0.25, 0.3) is 0 Å². The number of nitrogens with zero attached hydrogens (tertiary/aromatic N) is 1. The zero-order chi connectivity index (χ0) is 18.0. The zero-order valence-electron chi connectivity index (χ0n) is 13.2. The Bertz CT molecular complexity index is 563. The second kappa shape index (κ2) is 9.82. The van der Waals surface area contributed by atoms with Crippen molar-refractivity contribution in [2.24, 2.45) is 0 Å². The summed E-state index contributed by atoms with van der Waals surface area (Å²) < 4.78 is 92.2. The smallest absolute Gasteiger partial charge is 0.403 e. The van der Waals surface area contributed by atoms with Gasteiger partial charge in [-0.05, 0) is 17.7 Å². The summed E-state index contributed by atoms with van der Waals surface area (Å²) in [6.07, 6.45) is -10.8. The van der Waals surface area contributed by atoms with E-state index in [1.807, 2.05) is 0 Å². The number of rotatable bonds is 4. The Hall–Kier alpha value is -0.970. The highest BCUT2D eigenvalue weighted by molar-refractivity contribution is 5.85. The van der Waals surface area contributed by atoms with E-state index in [4.69, 9.17) is 0 Å². The molecule has 1 aliphatic rings. The van der Waals surface area contributed by atoms with Crippen molar-refractivity contribution in [3.63, 3.8) is 0 Å². The van der Waals surface area contributed by atoms with Crippen molar-refractivity contribution in [1.29, 1.82) is 0 Å². The lowest BCUT2D eigenvalue weighted by Gasteiger charge is -2.35. The molecular formula is C14H17Cl2F7N2O. The van der Waals surface area contributed by atoms with Gasteiger partial charge in [0.1, 0.15) is 0 Å². The molecule has 1 saturated heterocycles. The molecule has 0 unspecified atom stereocenters. The maximum absolute atomic E-state index is 13.8. The van der Waals surface area contributed by atoms with E-state index in [1.54, 1.807) is 0 Å². The molecule has 0 aromatic heterocycles. The average molecular weight is 433 g/mol. The Morgan fingerprint density at radius 3 is 2.08 bits per heavy atom. The third-order valence-electron chi connectivity index (χ3n) is 3.58. The normalized spacial score (nSPS) is 17.0. The molecule has 0 saturated carbocycles. The van der Waals surface area contributed by atoms with Crippen LogP contribution in [0.5, 0.6) is 5.75 Å². The summed E-state index contributed by atoms with van der Waals surface area (Å²) in [7, 11) is 0. The van der Waals surface area contributed by atoms with Crippen LogP contribution in [0, 0.1) is 5.82 Å². The fourth-order valence-electron chi connectivity index (χ4n) is 2.60. The van der Waals surface area contributed by atoms with Crippen LogP contribution in [0.2, 0.25) is 0 Å². The van der Waals surface area contributed by atoms with Gasteiger partial charge in [0.15, 0.2) is 11.6 Å². The molecule has 1 aromatic carbocycles. The van der Waals surface area contributed by atoms with Crippen LogP contribution in [0.1, 0.15) is 18.0 Å². The molecule has 1 fully saturated rings. The van der Waals surface area contributed by atoms with Crippen LogP contribution in [-0.2, 0) is 0 Å². The molecule has 3 nitrogen and oxygen atoms in total. The highest BCUT2D eigenvalue weighted by Gasteiger charge is 2.37. The first-order valence-corrected chi connectivity index (χ1v) is 7.12. The van der Waals surface area contributed by atoms with Gasteiger partial charge in [0.25, 0.3) is 0 Å². The predicted molar refractivity (Wildman–Crippen MR) is 85.4 cm³/mol. The Labute approximate surface area is 157 Å². The minimum Gasteiger partial charge on any atom is -0.403 e. The first kappa shape index (κ1) is 25.0. The number of ether oxygens (including phenoxy) is 1. The van der Waals surface area contributed by atoms with Gasteiger partial charge in [0, 0.05) is 32.2 Å².